The van der Waals surface area contributed by atoms with Gasteiger partial charge in [0.1, 0.15) is 17.1 Å². The van der Waals surface area contributed by atoms with E-state index in [1.807, 2.05) is 0 Å². The number of primary sulfonamides is 1. The third kappa shape index (κ3) is 4.96. The molecule has 3 rings (SSSR count). The van der Waals surface area contributed by atoms with Gasteiger partial charge in [-0.2, -0.15) is 0 Å². The molecule has 1 aromatic heterocycles. The molecule has 0 unspecified atom stereocenters. The van der Waals surface area contributed by atoms with Gasteiger partial charge in [0.2, 0.25) is 15.8 Å². The van der Waals surface area contributed by atoms with Crippen molar-refractivity contribution in [1.82, 2.24) is 4.57 Å². The molecule has 0 aliphatic rings. The number of carbonyl (C=O) groups is 2. The van der Waals surface area contributed by atoms with Crippen LogP contribution in [0.5, 0.6) is 5.75 Å². The molecule has 0 amide bonds. The Balaban J connectivity index is 1.83. The summed E-state index contributed by atoms with van der Waals surface area (Å²) in [5.74, 6) is -1.71. The van der Waals surface area contributed by atoms with Gasteiger partial charge in [-0.1, -0.05) is 6.07 Å². The van der Waals surface area contributed by atoms with E-state index < -0.39 is 28.4 Å². The van der Waals surface area contributed by atoms with Crippen molar-refractivity contribution in [3.63, 3.8) is 0 Å². The molecule has 3 aromatic rings. The minimum atomic E-state index is -4.06. The molecule has 0 bridgehead atoms. The fraction of sp³-hybridized carbons (Fsp3) is 0.217. The Hall–Kier alpha value is -3.50. The summed E-state index contributed by atoms with van der Waals surface area (Å²) in [5, 5.41) is 5.11. The van der Waals surface area contributed by atoms with E-state index in [0.29, 0.717) is 28.2 Å². The number of halogens is 1. The van der Waals surface area contributed by atoms with E-state index in [2.05, 4.69) is 0 Å². The maximum absolute atomic E-state index is 14.0. The molecule has 174 valence electrons. The van der Waals surface area contributed by atoms with Crippen LogP contribution in [0.4, 0.5) is 4.39 Å². The van der Waals surface area contributed by atoms with Crippen LogP contribution in [0.2, 0.25) is 0 Å². The third-order valence-corrected chi connectivity index (χ3v) is 6.11. The SMILES string of the molecule is COc1ccc(S(N)(=O)=O)cc1C(=O)OCC(=O)c1cc(C)n(-c2ccc(C)c(F)c2)c1C. The second-order valence-corrected chi connectivity index (χ2v) is 9.02. The Morgan fingerprint density at radius 3 is 2.33 bits per heavy atom. The summed E-state index contributed by atoms with van der Waals surface area (Å²) in [6.45, 7) is 4.55. The smallest absolute Gasteiger partial charge is 0.342 e. The van der Waals surface area contributed by atoms with Crippen LogP contribution in [-0.4, -0.2) is 38.5 Å². The van der Waals surface area contributed by atoms with E-state index in [9.17, 15) is 22.4 Å². The number of ether oxygens (including phenoxy) is 2. The molecule has 10 heteroatoms. The first-order valence-corrected chi connectivity index (χ1v) is 11.3. The van der Waals surface area contributed by atoms with Crippen LogP contribution in [0, 0.1) is 26.6 Å². The first-order chi connectivity index (χ1) is 15.4. The van der Waals surface area contributed by atoms with Crippen LogP contribution in [0.15, 0.2) is 47.4 Å². The number of hydrogen-bond acceptors (Lipinski definition) is 6. The highest BCUT2D eigenvalue weighted by atomic mass is 32.2. The van der Waals surface area contributed by atoms with Crippen LogP contribution < -0.4 is 9.88 Å². The predicted molar refractivity (Wildman–Crippen MR) is 119 cm³/mol. The van der Waals surface area contributed by atoms with Gasteiger partial charge < -0.3 is 14.0 Å². The zero-order valence-electron chi connectivity index (χ0n) is 18.5. The number of esters is 1. The van der Waals surface area contributed by atoms with Gasteiger partial charge in [-0.15, -0.1) is 0 Å². The maximum Gasteiger partial charge on any atom is 0.342 e. The van der Waals surface area contributed by atoms with Gasteiger partial charge in [0.05, 0.1) is 12.0 Å². The second-order valence-electron chi connectivity index (χ2n) is 7.46. The number of rotatable bonds is 7. The Morgan fingerprint density at radius 1 is 1.03 bits per heavy atom. The first-order valence-electron chi connectivity index (χ1n) is 9.80. The zero-order valence-corrected chi connectivity index (χ0v) is 19.3. The van der Waals surface area contributed by atoms with E-state index >= 15 is 0 Å². The van der Waals surface area contributed by atoms with Crippen molar-refractivity contribution in [3.8, 4) is 11.4 Å². The summed E-state index contributed by atoms with van der Waals surface area (Å²) in [6, 6.07) is 9.90. The number of aromatic nitrogens is 1. The molecular weight excluding hydrogens is 451 g/mol. The molecule has 0 fully saturated rings. The Labute approximate surface area is 190 Å². The minimum absolute atomic E-state index is 0.0689. The lowest BCUT2D eigenvalue weighted by Crippen LogP contribution is -2.17. The van der Waals surface area contributed by atoms with Crippen molar-refractivity contribution >= 4 is 21.8 Å². The largest absolute Gasteiger partial charge is 0.496 e. The van der Waals surface area contributed by atoms with E-state index in [-0.39, 0.29) is 22.0 Å². The zero-order chi connectivity index (χ0) is 24.5. The van der Waals surface area contributed by atoms with Crippen LogP contribution >= 0.6 is 0 Å². The average Bonchev–Trinajstić information content (AvgIpc) is 3.06. The molecule has 0 radical (unpaired) electrons. The summed E-state index contributed by atoms with van der Waals surface area (Å²) in [4.78, 5) is 25.0. The number of sulfonamides is 1. The number of methoxy groups -OCH3 is 1. The van der Waals surface area contributed by atoms with Gasteiger partial charge in [-0.05, 0) is 62.7 Å². The summed E-state index contributed by atoms with van der Waals surface area (Å²) < 4.78 is 49.2. The molecule has 8 nitrogen and oxygen atoms in total. The fourth-order valence-corrected chi connectivity index (χ4v) is 4.01. The van der Waals surface area contributed by atoms with Gasteiger partial charge in [0.15, 0.2) is 6.61 Å². The molecule has 0 aliphatic carbocycles. The third-order valence-electron chi connectivity index (χ3n) is 5.20. The standard InChI is InChI=1S/C23H23FN2O6S/c1-13-5-6-16(10-20(13)24)26-14(2)9-18(15(26)3)21(27)12-32-23(28)19-11-17(33(25,29)30)7-8-22(19)31-4/h5-11H,12H2,1-4H3,(H2,25,29,30). The minimum Gasteiger partial charge on any atom is -0.496 e. The first kappa shape index (κ1) is 24.1. The van der Waals surface area contributed by atoms with E-state index in [1.165, 1.54) is 25.3 Å². The quantitative estimate of drug-likeness (QED) is 0.415. The van der Waals surface area contributed by atoms with Gasteiger partial charge in [0, 0.05) is 22.6 Å². The van der Waals surface area contributed by atoms with Crippen molar-refractivity contribution in [1.29, 1.82) is 0 Å². The molecule has 33 heavy (non-hydrogen) atoms. The summed E-state index contributed by atoms with van der Waals surface area (Å²) in [5.41, 5.74) is 2.46. The highest BCUT2D eigenvalue weighted by Crippen LogP contribution is 2.25. The molecule has 0 spiro atoms. The molecule has 0 saturated heterocycles. The van der Waals surface area contributed by atoms with Crippen LogP contribution in [0.25, 0.3) is 5.69 Å². The molecule has 0 aliphatic heterocycles. The molecule has 1 heterocycles. The number of Topliss-reactive ketones (excluding diaryl/α,β-unsaturated/α-hetero) is 1. The van der Waals surface area contributed by atoms with Crippen molar-refractivity contribution < 1.29 is 31.9 Å². The highest BCUT2D eigenvalue weighted by Gasteiger charge is 2.22. The topological polar surface area (TPSA) is 118 Å². The van der Waals surface area contributed by atoms with Gasteiger partial charge >= 0.3 is 5.97 Å². The molecule has 2 N–H and O–H groups in total. The molecule has 0 atom stereocenters. The second kappa shape index (κ2) is 9.16. The summed E-state index contributed by atoms with van der Waals surface area (Å²) in [6.07, 6.45) is 0. The summed E-state index contributed by atoms with van der Waals surface area (Å²) in [7, 11) is -2.76. The number of ketones is 1. The number of nitrogens with two attached hydrogens (primary N) is 1. The normalized spacial score (nSPS) is 11.3. The summed E-state index contributed by atoms with van der Waals surface area (Å²) >= 11 is 0. The van der Waals surface area contributed by atoms with Crippen molar-refractivity contribution in [2.75, 3.05) is 13.7 Å². The van der Waals surface area contributed by atoms with E-state index in [0.717, 1.165) is 6.07 Å². The monoisotopic (exact) mass is 474 g/mol. The lowest BCUT2D eigenvalue weighted by molar-refractivity contribution is 0.0471. The Morgan fingerprint density at radius 2 is 1.73 bits per heavy atom. The lowest BCUT2D eigenvalue weighted by atomic mass is 10.1. The lowest BCUT2D eigenvalue weighted by Gasteiger charge is -2.11. The van der Waals surface area contributed by atoms with Crippen molar-refractivity contribution in [3.05, 3.63) is 76.4 Å². The average molecular weight is 475 g/mol. The number of carbonyl (C=O) groups excluding carboxylic acids is 2. The highest BCUT2D eigenvalue weighted by molar-refractivity contribution is 7.89. The number of benzene rings is 2. The Kier molecular flexibility index (Phi) is 6.71. The van der Waals surface area contributed by atoms with Gasteiger partial charge in [-0.3, -0.25) is 4.79 Å². The van der Waals surface area contributed by atoms with Crippen molar-refractivity contribution in [2.45, 2.75) is 25.7 Å². The molecule has 0 saturated carbocycles. The van der Waals surface area contributed by atoms with Crippen LogP contribution in [0.1, 0.15) is 37.7 Å². The number of nitrogens with zero attached hydrogens (tertiary/aromatic N) is 1. The molecule has 2 aromatic carbocycles. The van der Waals surface area contributed by atoms with E-state index in [1.54, 1.807) is 43.5 Å². The predicted octanol–water partition coefficient (Wildman–Crippen LogP) is 3.24. The van der Waals surface area contributed by atoms with Gasteiger partial charge in [-0.25, -0.2) is 22.7 Å². The van der Waals surface area contributed by atoms with E-state index in [4.69, 9.17) is 14.6 Å². The van der Waals surface area contributed by atoms with Crippen LogP contribution in [-0.2, 0) is 14.8 Å². The molecular formula is C23H23FN2O6S. The van der Waals surface area contributed by atoms with Gasteiger partial charge in [0.25, 0.3) is 0 Å². The number of hydrogen-bond donors (Lipinski definition) is 1. The fourth-order valence-electron chi connectivity index (χ4n) is 3.47. The Bertz CT molecular complexity index is 1360. The van der Waals surface area contributed by atoms with Crippen molar-refractivity contribution in [2.24, 2.45) is 5.14 Å². The number of aryl methyl sites for hydroxylation is 2. The maximum atomic E-state index is 14.0. The van der Waals surface area contributed by atoms with Crippen LogP contribution in [0.3, 0.4) is 0 Å².